The van der Waals surface area contributed by atoms with Crippen molar-refractivity contribution in [2.45, 2.75) is 0 Å². The lowest BCUT2D eigenvalue weighted by molar-refractivity contribution is 1.01. The van der Waals surface area contributed by atoms with Gasteiger partial charge in [-0.15, -0.1) is 11.3 Å². The molecule has 0 aliphatic carbocycles. The molecule has 3 heterocycles. The van der Waals surface area contributed by atoms with Gasteiger partial charge in [0.1, 0.15) is 0 Å². The molecule has 0 atom stereocenters. The zero-order valence-corrected chi connectivity index (χ0v) is 30.8. The predicted octanol–water partition coefficient (Wildman–Crippen LogP) is 14.5. The van der Waals surface area contributed by atoms with Crippen LogP contribution in [-0.4, -0.2) is 14.5 Å². The third-order valence-electron chi connectivity index (χ3n) is 12.0. The minimum atomic E-state index is 0.667. The Bertz CT molecular complexity index is 3730. The molecule has 0 N–H and O–H groups in total. The van der Waals surface area contributed by atoms with E-state index in [0.29, 0.717) is 5.95 Å². The first-order chi connectivity index (χ1) is 27.8. The van der Waals surface area contributed by atoms with Gasteiger partial charge < -0.3 is 0 Å². The molecule has 258 valence electrons. The van der Waals surface area contributed by atoms with Crippen molar-refractivity contribution in [2.75, 3.05) is 0 Å². The maximum Gasteiger partial charge on any atom is 0.235 e. The highest BCUT2D eigenvalue weighted by atomic mass is 32.1. The van der Waals surface area contributed by atoms with Crippen LogP contribution >= 0.6 is 11.3 Å². The second-order valence-corrected chi connectivity index (χ2v) is 16.0. The van der Waals surface area contributed by atoms with Crippen molar-refractivity contribution >= 4 is 107 Å². The lowest BCUT2D eigenvalue weighted by Gasteiger charge is -2.17. The molecule has 0 saturated carbocycles. The molecule has 0 bridgehead atoms. The van der Waals surface area contributed by atoms with Crippen molar-refractivity contribution in [3.63, 3.8) is 0 Å². The summed E-state index contributed by atoms with van der Waals surface area (Å²) in [6.07, 6.45) is 0. The van der Waals surface area contributed by atoms with Gasteiger partial charge in [0, 0.05) is 41.9 Å². The van der Waals surface area contributed by atoms with Crippen LogP contribution in [0.25, 0.3) is 124 Å². The molecule has 0 fully saturated rings. The van der Waals surface area contributed by atoms with E-state index in [-0.39, 0.29) is 0 Å². The van der Waals surface area contributed by atoms with E-state index in [2.05, 4.69) is 180 Å². The number of hydrogen-bond donors (Lipinski definition) is 0. The first-order valence-corrected chi connectivity index (χ1v) is 19.9. The molecule has 3 nitrogen and oxygen atoms in total. The topological polar surface area (TPSA) is 30.7 Å². The number of hydrogen-bond acceptors (Lipinski definition) is 3. The summed E-state index contributed by atoms with van der Waals surface area (Å²) in [4.78, 5) is 10.8. The number of aromatic nitrogens is 3. The van der Waals surface area contributed by atoms with Crippen LogP contribution in [0.3, 0.4) is 0 Å². The van der Waals surface area contributed by atoms with E-state index < -0.39 is 0 Å². The van der Waals surface area contributed by atoms with E-state index in [1.165, 1.54) is 85.2 Å². The van der Waals surface area contributed by atoms with Gasteiger partial charge in [0.2, 0.25) is 5.95 Å². The Hall–Kier alpha value is -7.14. The first-order valence-electron chi connectivity index (χ1n) is 19.1. The molecule has 4 heteroatoms. The Morgan fingerprint density at radius 1 is 0.375 bits per heavy atom. The fourth-order valence-corrected chi connectivity index (χ4v) is 10.6. The van der Waals surface area contributed by atoms with Crippen molar-refractivity contribution in [3.05, 3.63) is 176 Å². The third kappa shape index (κ3) is 4.11. The smallest absolute Gasteiger partial charge is 0.235 e. The van der Waals surface area contributed by atoms with E-state index in [1.54, 1.807) is 0 Å². The molecule has 0 aliphatic rings. The summed E-state index contributed by atoms with van der Waals surface area (Å²) in [6.45, 7) is 0. The van der Waals surface area contributed by atoms with Gasteiger partial charge in [0.25, 0.3) is 0 Å². The maximum absolute atomic E-state index is 5.54. The fourth-order valence-electron chi connectivity index (χ4n) is 9.50. The Morgan fingerprint density at radius 3 is 1.86 bits per heavy atom. The molecular weight excluding hydrogens is 699 g/mol. The molecule has 13 aromatic rings. The summed E-state index contributed by atoms with van der Waals surface area (Å²) in [7, 11) is 0. The van der Waals surface area contributed by atoms with Gasteiger partial charge in [0.05, 0.1) is 22.2 Å². The minimum absolute atomic E-state index is 0.667. The molecule has 56 heavy (non-hydrogen) atoms. The molecule has 13 rings (SSSR count). The SMILES string of the molecule is c1ccc2c(-c3ccc4c5cccc6cccc(c7cccc3c74)c65)nc(-n3c4ccccc4c4cc(-c5ccc6c(c5)sc5ccccc56)ccc43)nc2c1. The van der Waals surface area contributed by atoms with Gasteiger partial charge in [-0.05, 0) is 90.6 Å². The Labute approximate surface area is 324 Å². The van der Waals surface area contributed by atoms with E-state index in [9.17, 15) is 0 Å². The highest BCUT2D eigenvalue weighted by Gasteiger charge is 2.21. The molecule has 0 aliphatic heterocycles. The minimum Gasteiger partial charge on any atom is -0.278 e. The lowest BCUT2D eigenvalue weighted by Crippen LogP contribution is -2.03. The molecule has 0 radical (unpaired) electrons. The number of benzene rings is 10. The van der Waals surface area contributed by atoms with Crippen LogP contribution < -0.4 is 0 Å². The van der Waals surface area contributed by atoms with E-state index in [4.69, 9.17) is 9.97 Å². The number of thiophene rings is 1. The number of fused-ring (bicyclic) bond motifs is 9. The predicted molar refractivity (Wildman–Crippen MR) is 239 cm³/mol. The summed E-state index contributed by atoms with van der Waals surface area (Å²) in [5, 5.41) is 16.2. The van der Waals surface area contributed by atoms with Crippen LogP contribution in [0, 0.1) is 0 Å². The quantitative estimate of drug-likeness (QED) is 0.134. The van der Waals surface area contributed by atoms with Crippen LogP contribution in [0.1, 0.15) is 0 Å². The van der Waals surface area contributed by atoms with Crippen LogP contribution in [-0.2, 0) is 0 Å². The highest BCUT2D eigenvalue weighted by molar-refractivity contribution is 7.25. The van der Waals surface area contributed by atoms with Crippen LogP contribution in [0.2, 0.25) is 0 Å². The number of para-hydroxylation sites is 2. The average molecular weight is 728 g/mol. The van der Waals surface area contributed by atoms with Crippen LogP contribution in [0.15, 0.2) is 176 Å². The van der Waals surface area contributed by atoms with E-state index in [1.807, 2.05) is 11.3 Å². The monoisotopic (exact) mass is 727 g/mol. The standard InChI is InChI=1S/C52H29N3S/c1-4-19-44-42(14-1)51(41-26-25-40-37-16-8-11-30-10-7-15-36(49(30)37)38-17-9-18-39(41)50(38)40)54-52(53-44)55-45-20-5-2-12-33(45)43-28-31(23-27-46(43)55)32-22-24-35-34-13-3-6-21-47(34)56-48(35)29-32/h1-29H. The lowest BCUT2D eigenvalue weighted by atomic mass is 9.87. The Morgan fingerprint density at radius 2 is 0.982 bits per heavy atom. The molecule has 0 unspecified atom stereocenters. The third-order valence-corrected chi connectivity index (χ3v) is 13.1. The molecule has 3 aromatic heterocycles. The molecular formula is C52H29N3S. The second kappa shape index (κ2) is 11.2. The van der Waals surface area contributed by atoms with Gasteiger partial charge in [-0.2, -0.15) is 0 Å². The molecule has 0 amide bonds. The van der Waals surface area contributed by atoms with Gasteiger partial charge >= 0.3 is 0 Å². The molecule has 0 spiro atoms. The van der Waals surface area contributed by atoms with Gasteiger partial charge in [-0.1, -0.05) is 140 Å². The highest BCUT2D eigenvalue weighted by Crippen LogP contribution is 2.44. The maximum atomic E-state index is 5.54. The summed E-state index contributed by atoms with van der Waals surface area (Å²) < 4.78 is 4.88. The Balaban J connectivity index is 1.05. The molecule has 0 saturated heterocycles. The fraction of sp³-hybridized carbons (Fsp3) is 0. The van der Waals surface area contributed by atoms with Gasteiger partial charge in [-0.25, -0.2) is 9.97 Å². The summed E-state index contributed by atoms with van der Waals surface area (Å²) >= 11 is 1.86. The normalized spacial score (nSPS) is 12.3. The van der Waals surface area contributed by atoms with Crippen molar-refractivity contribution < 1.29 is 0 Å². The van der Waals surface area contributed by atoms with Crippen molar-refractivity contribution in [1.82, 2.24) is 14.5 Å². The van der Waals surface area contributed by atoms with Crippen molar-refractivity contribution in [1.29, 1.82) is 0 Å². The van der Waals surface area contributed by atoms with Crippen molar-refractivity contribution in [3.8, 4) is 28.3 Å². The van der Waals surface area contributed by atoms with E-state index in [0.717, 1.165) is 33.2 Å². The Kier molecular flexibility index (Phi) is 6.04. The van der Waals surface area contributed by atoms with Crippen molar-refractivity contribution in [2.24, 2.45) is 0 Å². The average Bonchev–Trinajstić information content (AvgIpc) is 3.80. The van der Waals surface area contributed by atoms with Gasteiger partial charge in [-0.3, -0.25) is 4.57 Å². The molecule has 10 aromatic carbocycles. The number of nitrogens with zero attached hydrogens (tertiary/aromatic N) is 3. The summed E-state index contributed by atoms with van der Waals surface area (Å²) in [5.41, 5.74) is 7.54. The first kappa shape index (κ1) is 30.2. The largest absolute Gasteiger partial charge is 0.278 e. The van der Waals surface area contributed by atoms with Crippen LogP contribution in [0.5, 0.6) is 0 Å². The zero-order chi connectivity index (χ0) is 36.5. The zero-order valence-electron chi connectivity index (χ0n) is 30.0. The second-order valence-electron chi connectivity index (χ2n) is 14.9. The van der Waals surface area contributed by atoms with E-state index >= 15 is 0 Å². The van der Waals surface area contributed by atoms with Gasteiger partial charge in [0.15, 0.2) is 0 Å². The number of rotatable bonds is 3. The summed E-state index contributed by atoms with van der Waals surface area (Å²) in [5.74, 6) is 0.667. The summed E-state index contributed by atoms with van der Waals surface area (Å²) in [6, 6.07) is 64.2. The van der Waals surface area contributed by atoms with Crippen LogP contribution in [0.4, 0.5) is 0 Å².